The average Bonchev–Trinajstić information content (AvgIpc) is 3.60. The van der Waals surface area contributed by atoms with Crippen LogP contribution in [-0.4, -0.2) is 0 Å². The molecule has 0 radical (unpaired) electrons. The first-order valence-corrected chi connectivity index (χ1v) is 22.3. The molecule has 11 aromatic carbocycles. The van der Waals surface area contributed by atoms with E-state index in [1.54, 1.807) is 0 Å². The summed E-state index contributed by atoms with van der Waals surface area (Å²) < 4.78 is 0. The molecule has 0 unspecified atom stereocenters. The summed E-state index contributed by atoms with van der Waals surface area (Å²) in [5.74, 6) is 0. The van der Waals surface area contributed by atoms with Crippen molar-refractivity contribution in [1.29, 1.82) is 0 Å². The summed E-state index contributed by atoms with van der Waals surface area (Å²) in [6, 6.07) is 87.1. The zero-order chi connectivity index (χ0) is 42.8. The van der Waals surface area contributed by atoms with Crippen molar-refractivity contribution in [3.8, 4) is 55.6 Å². The monoisotopic (exact) mass is 815 g/mol. The smallest absolute Gasteiger partial charge is 0.0467 e. The van der Waals surface area contributed by atoms with E-state index in [0.29, 0.717) is 0 Å². The van der Waals surface area contributed by atoms with Crippen LogP contribution in [-0.2, 0) is 5.41 Å². The van der Waals surface area contributed by atoms with Gasteiger partial charge in [-0.05, 0) is 135 Å². The molecule has 0 bridgehead atoms. The molecule has 0 spiro atoms. The van der Waals surface area contributed by atoms with Crippen LogP contribution in [0.1, 0.15) is 25.0 Å². The van der Waals surface area contributed by atoms with Gasteiger partial charge in [-0.1, -0.05) is 214 Å². The van der Waals surface area contributed by atoms with Crippen molar-refractivity contribution in [3.05, 3.63) is 248 Å². The Morgan fingerprint density at radius 1 is 0.281 bits per heavy atom. The van der Waals surface area contributed by atoms with Crippen LogP contribution >= 0.6 is 0 Å². The maximum Gasteiger partial charge on any atom is 0.0467 e. The SMILES string of the molecule is CC1(C)c2ccccc2-c2c(-c3cccc(N(c4ccc(-c5ccc(-c6cccc7ccccc67)cc5)cc4)c4ccc(-c5cccc6c5ccc5ccccc56)cc4)c3)cccc21. The summed E-state index contributed by atoms with van der Waals surface area (Å²) >= 11 is 0. The van der Waals surface area contributed by atoms with Crippen molar-refractivity contribution in [2.45, 2.75) is 19.3 Å². The first-order chi connectivity index (χ1) is 31.5. The Morgan fingerprint density at radius 3 is 1.52 bits per heavy atom. The number of anilines is 3. The molecule has 0 N–H and O–H groups in total. The predicted molar refractivity (Wildman–Crippen MR) is 273 cm³/mol. The van der Waals surface area contributed by atoms with Gasteiger partial charge in [0.25, 0.3) is 0 Å². The molecule has 64 heavy (non-hydrogen) atoms. The summed E-state index contributed by atoms with van der Waals surface area (Å²) in [7, 11) is 0. The van der Waals surface area contributed by atoms with Crippen LogP contribution in [0.15, 0.2) is 237 Å². The third-order valence-electron chi connectivity index (χ3n) is 13.7. The quantitative estimate of drug-likeness (QED) is 0.145. The molecule has 0 amide bonds. The third kappa shape index (κ3) is 6.23. The Labute approximate surface area is 375 Å². The van der Waals surface area contributed by atoms with Gasteiger partial charge in [0, 0.05) is 22.5 Å². The molecule has 1 nitrogen and oxygen atoms in total. The average molecular weight is 816 g/mol. The largest absolute Gasteiger partial charge is 0.310 e. The topological polar surface area (TPSA) is 3.24 Å². The van der Waals surface area contributed by atoms with Crippen molar-refractivity contribution in [1.82, 2.24) is 0 Å². The van der Waals surface area contributed by atoms with E-state index < -0.39 is 0 Å². The molecule has 0 saturated heterocycles. The van der Waals surface area contributed by atoms with E-state index in [1.165, 1.54) is 99.1 Å². The first-order valence-electron chi connectivity index (χ1n) is 22.3. The highest BCUT2D eigenvalue weighted by molar-refractivity contribution is 6.12. The van der Waals surface area contributed by atoms with Crippen molar-refractivity contribution < 1.29 is 0 Å². The lowest BCUT2D eigenvalue weighted by atomic mass is 9.82. The first kappa shape index (κ1) is 37.7. The Bertz CT molecular complexity index is 3550. The van der Waals surface area contributed by atoms with Gasteiger partial charge in [0.2, 0.25) is 0 Å². The minimum atomic E-state index is -0.0670. The molecule has 0 saturated carbocycles. The van der Waals surface area contributed by atoms with Gasteiger partial charge in [-0.3, -0.25) is 0 Å². The van der Waals surface area contributed by atoms with Crippen molar-refractivity contribution in [2.75, 3.05) is 4.90 Å². The molecule has 0 atom stereocenters. The fraction of sp³-hybridized carbons (Fsp3) is 0.0476. The lowest BCUT2D eigenvalue weighted by Crippen LogP contribution is -2.14. The highest BCUT2D eigenvalue weighted by atomic mass is 15.1. The summed E-state index contributed by atoms with van der Waals surface area (Å²) in [6.45, 7) is 4.71. The third-order valence-corrected chi connectivity index (χ3v) is 13.7. The van der Waals surface area contributed by atoms with Crippen LogP contribution < -0.4 is 4.90 Å². The molecule has 1 heteroatoms. The number of rotatable bonds is 7. The Hall–Kier alpha value is -8.00. The van der Waals surface area contributed by atoms with Crippen LogP contribution in [0.3, 0.4) is 0 Å². The zero-order valence-corrected chi connectivity index (χ0v) is 36.0. The second-order valence-corrected chi connectivity index (χ2v) is 17.7. The number of fused-ring (bicyclic) bond motifs is 7. The normalized spacial score (nSPS) is 12.7. The van der Waals surface area contributed by atoms with E-state index in [1.807, 2.05) is 0 Å². The van der Waals surface area contributed by atoms with Gasteiger partial charge in [-0.2, -0.15) is 0 Å². The van der Waals surface area contributed by atoms with Gasteiger partial charge in [0.05, 0.1) is 0 Å². The van der Waals surface area contributed by atoms with E-state index in [0.717, 1.165) is 17.1 Å². The lowest BCUT2D eigenvalue weighted by molar-refractivity contribution is 0.660. The van der Waals surface area contributed by atoms with Crippen LogP contribution in [0.25, 0.3) is 88.0 Å². The maximum absolute atomic E-state index is 2.40. The molecule has 11 aromatic rings. The van der Waals surface area contributed by atoms with Gasteiger partial charge in [-0.15, -0.1) is 0 Å². The van der Waals surface area contributed by atoms with Gasteiger partial charge in [-0.25, -0.2) is 0 Å². The molecule has 0 heterocycles. The van der Waals surface area contributed by atoms with E-state index in [-0.39, 0.29) is 5.41 Å². The molecule has 302 valence electrons. The van der Waals surface area contributed by atoms with Gasteiger partial charge >= 0.3 is 0 Å². The second kappa shape index (κ2) is 15.1. The fourth-order valence-electron chi connectivity index (χ4n) is 10.5. The van der Waals surface area contributed by atoms with Crippen molar-refractivity contribution in [2.24, 2.45) is 0 Å². The maximum atomic E-state index is 2.40. The highest BCUT2D eigenvalue weighted by Crippen LogP contribution is 2.52. The van der Waals surface area contributed by atoms with E-state index in [2.05, 4.69) is 255 Å². The molecule has 0 aliphatic heterocycles. The number of hydrogen-bond donors (Lipinski definition) is 0. The van der Waals surface area contributed by atoms with Crippen LogP contribution in [0.2, 0.25) is 0 Å². The molecule has 0 aromatic heterocycles. The summed E-state index contributed by atoms with van der Waals surface area (Å²) in [4.78, 5) is 2.40. The standard InChI is InChI=1S/C63H45N/c1-63(2)60-25-8-7-20-59(60)62-56(23-12-26-61(62)63)48-16-9-17-51(41-48)64(50-38-33-47(34-39-50)55-22-11-24-57-54-19-6-4-14-45(54)35-40-58(55)57)49-36-31-43(32-37-49)42-27-29-46(30-28-42)53-21-10-15-44-13-3-5-18-52(44)53/h3-41H,1-2H3. The fourth-order valence-corrected chi connectivity index (χ4v) is 10.5. The summed E-state index contributed by atoms with van der Waals surface area (Å²) in [6.07, 6.45) is 0. The van der Waals surface area contributed by atoms with Crippen LogP contribution in [0, 0.1) is 0 Å². The van der Waals surface area contributed by atoms with Gasteiger partial charge in [0.15, 0.2) is 0 Å². The van der Waals surface area contributed by atoms with Crippen LogP contribution in [0.4, 0.5) is 17.1 Å². The summed E-state index contributed by atoms with van der Waals surface area (Å²) in [5.41, 5.74) is 18.4. The van der Waals surface area contributed by atoms with Crippen molar-refractivity contribution in [3.63, 3.8) is 0 Å². The lowest BCUT2D eigenvalue weighted by Gasteiger charge is -2.27. The molecule has 1 aliphatic rings. The van der Waals surface area contributed by atoms with Gasteiger partial charge in [0.1, 0.15) is 0 Å². The molecular weight excluding hydrogens is 771 g/mol. The van der Waals surface area contributed by atoms with E-state index >= 15 is 0 Å². The number of hydrogen-bond acceptors (Lipinski definition) is 1. The van der Waals surface area contributed by atoms with Crippen LogP contribution in [0.5, 0.6) is 0 Å². The number of nitrogens with zero attached hydrogens (tertiary/aromatic N) is 1. The Morgan fingerprint density at radius 2 is 0.766 bits per heavy atom. The second-order valence-electron chi connectivity index (χ2n) is 17.7. The number of benzene rings is 11. The van der Waals surface area contributed by atoms with E-state index in [9.17, 15) is 0 Å². The highest BCUT2D eigenvalue weighted by Gasteiger charge is 2.36. The minimum absolute atomic E-state index is 0.0670. The van der Waals surface area contributed by atoms with Gasteiger partial charge < -0.3 is 4.90 Å². The minimum Gasteiger partial charge on any atom is -0.310 e. The summed E-state index contributed by atoms with van der Waals surface area (Å²) in [5, 5.41) is 7.62. The molecular formula is C63H45N. The molecule has 1 aliphatic carbocycles. The Kier molecular flexibility index (Phi) is 8.91. The van der Waals surface area contributed by atoms with E-state index in [4.69, 9.17) is 0 Å². The predicted octanol–water partition coefficient (Wildman–Crippen LogP) is 17.6. The Balaban J connectivity index is 0.944. The molecule has 12 rings (SSSR count). The zero-order valence-electron chi connectivity index (χ0n) is 36.0. The molecule has 0 fully saturated rings. The van der Waals surface area contributed by atoms with Crippen molar-refractivity contribution >= 4 is 49.4 Å².